The Hall–Kier alpha value is -2.44. The van der Waals surface area contributed by atoms with Gasteiger partial charge in [0.15, 0.2) is 0 Å². The Labute approximate surface area is 140 Å². The minimum Gasteiger partial charge on any atom is -0.339 e. The van der Waals surface area contributed by atoms with Gasteiger partial charge >= 0.3 is 0 Å². The molecule has 1 atom stereocenters. The van der Waals surface area contributed by atoms with E-state index in [1.165, 1.54) is 6.07 Å². The van der Waals surface area contributed by atoms with E-state index in [0.29, 0.717) is 17.8 Å². The van der Waals surface area contributed by atoms with Gasteiger partial charge in [0.25, 0.3) is 5.69 Å². The Morgan fingerprint density at radius 2 is 2.04 bits per heavy atom. The monoisotopic (exact) mass is 331 g/mol. The molecule has 1 aliphatic carbocycles. The molecular weight excluding hydrogens is 310 g/mol. The summed E-state index contributed by atoms with van der Waals surface area (Å²) in [5.74, 6) is -0.595. The van der Waals surface area contributed by atoms with Gasteiger partial charge in [-0.3, -0.25) is 19.7 Å². The number of amides is 2. The van der Waals surface area contributed by atoms with E-state index in [1.54, 1.807) is 19.1 Å². The first-order valence-corrected chi connectivity index (χ1v) is 8.31. The quantitative estimate of drug-likeness (QED) is 0.678. The van der Waals surface area contributed by atoms with Crippen LogP contribution in [0.5, 0.6) is 0 Å². The van der Waals surface area contributed by atoms with Gasteiger partial charge in [0.1, 0.15) is 0 Å². The first kappa shape index (κ1) is 16.4. The molecule has 0 radical (unpaired) electrons. The maximum atomic E-state index is 12.5. The highest BCUT2D eigenvalue weighted by atomic mass is 16.6. The molecule has 1 heterocycles. The van der Waals surface area contributed by atoms with Crippen LogP contribution in [0, 0.1) is 23.0 Å². The van der Waals surface area contributed by atoms with Gasteiger partial charge in [0.05, 0.1) is 22.1 Å². The molecule has 2 fully saturated rings. The number of hydrogen-bond acceptors (Lipinski definition) is 4. The van der Waals surface area contributed by atoms with Gasteiger partial charge in [-0.25, -0.2) is 0 Å². The normalized spacial score (nSPS) is 21.3. The van der Waals surface area contributed by atoms with Crippen molar-refractivity contribution < 1.29 is 14.5 Å². The molecule has 2 aliphatic rings. The molecule has 128 valence electrons. The minimum atomic E-state index is -0.466. The molecule has 0 unspecified atom stereocenters. The molecule has 1 aromatic rings. The largest absolute Gasteiger partial charge is 0.339 e. The standard InChI is InChI=1S/C17H21N3O4/c1-11-14(7-4-8-15(11)20(23)24)18-17(22)12-9-16(21)19(10-12)13-5-2-3-6-13/h4,7-8,12-13H,2-3,5-6,9-10H2,1H3,(H,18,22)/t12-/m1/s1. The van der Waals surface area contributed by atoms with Crippen LogP contribution in [0.4, 0.5) is 11.4 Å². The third kappa shape index (κ3) is 3.11. The molecule has 1 saturated carbocycles. The number of nitro benzene ring substituents is 1. The molecule has 0 bridgehead atoms. The SMILES string of the molecule is Cc1c(NC(=O)[C@@H]2CC(=O)N(C3CCCC3)C2)cccc1[N+](=O)[O-]. The molecular formula is C17H21N3O4. The highest BCUT2D eigenvalue weighted by molar-refractivity contribution is 5.98. The van der Waals surface area contributed by atoms with E-state index in [-0.39, 0.29) is 30.0 Å². The van der Waals surface area contributed by atoms with Crippen LogP contribution in [0.3, 0.4) is 0 Å². The van der Waals surface area contributed by atoms with Crippen molar-refractivity contribution in [2.45, 2.75) is 45.1 Å². The highest BCUT2D eigenvalue weighted by Gasteiger charge is 2.38. The van der Waals surface area contributed by atoms with Crippen LogP contribution >= 0.6 is 0 Å². The number of likely N-dealkylation sites (tertiary alicyclic amines) is 1. The summed E-state index contributed by atoms with van der Waals surface area (Å²) in [6, 6.07) is 4.87. The molecule has 1 N–H and O–H groups in total. The minimum absolute atomic E-state index is 0.0251. The number of carbonyl (C=O) groups excluding carboxylic acids is 2. The van der Waals surface area contributed by atoms with Gasteiger partial charge in [0, 0.05) is 25.1 Å². The van der Waals surface area contributed by atoms with E-state index < -0.39 is 10.8 Å². The van der Waals surface area contributed by atoms with Gasteiger partial charge in [-0.2, -0.15) is 0 Å². The second-order valence-electron chi connectivity index (χ2n) is 6.58. The smallest absolute Gasteiger partial charge is 0.274 e. The predicted octanol–water partition coefficient (Wildman–Crippen LogP) is 2.63. The summed E-state index contributed by atoms with van der Waals surface area (Å²) >= 11 is 0. The van der Waals surface area contributed by atoms with Gasteiger partial charge in [0.2, 0.25) is 11.8 Å². The molecule has 3 rings (SSSR count). The summed E-state index contributed by atoms with van der Waals surface area (Å²) in [5, 5.41) is 13.7. The van der Waals surface area contributed by atoms with Crippen LogP contribution in [0.25, 0.3) is 0 Å². The Morgan fingerprint density at radius 3 is 2.71 bits per heavy atom. The predicted molar refractivity (Wildman–Crippen MR) is 88.5 cm³/mol. The molecule has 1 aromatic carbocycles. The number of benzene rings is 1. The Bertz CT molecular complexity index is 682. The Balaban J connectivity index is 1.69. The van der Waals surface area contributed by atoms with Crippen LogP contribution in [0.15, 0.2) is 18.2 Å². The Morgan fingerprint density at radius 1 is 1.33 bits per heavy atom. The second kappa shape index (κ2) is 6.59. The number of rotatable bonds is 4. The van der Waals surface area contributed by atoms with Crippen LogP contribution < -0.4 is 5.32 Å². The van der Waals surface area contributed by atoms with Crippen molar-refractivity contribution in [3.63, 3.8) is 0 Å². The lowest BCUT2D eigenvalue weighted by Gasteiger charge is -2.23. The molecule has 0 spiro atoms. The number of anilines is 1. The topological polar surface area (TPSA) is 92.6 Å². The second-order valence-corrected chi connectivity index (χ2v) is 6.58. The summed E-state index contributed by atoms with van der Waals surface area (Å²) in [5.41, 5.74) is 0.830. The number of hydrogen-bond donors (Lipinski definition) is 1. The number of nitro groups is 1. The van der Waals surface area contributed by atoms with Crippen LogP contribution in [-0.2, 0) is 9.59 Å². The van der Waals surface area contributed by atoms with E-state index in [2.05, 4.69) is 5.32 Å². The number of carbonyl (C=O) groups is 2. The van der Waals surface area contributed by atoms with Gasteiger partial charge in [-0.1, -0.05) is 18.9 Å². The summed E-state index contributed by atoms with van der Waals surface area (Å²) in [6.07, 6.45) is 4.53. The lowest BCUT2D eigenvalue weighted by molar-refractivity contribution is -0.385. The summed E-state index contributed by atoms with van der Waals surface area (Å²) < 4.78 is 0. The van der Waals surface area contributed by atoms with Crippen molar-refractivity contribution in [3.8, 4) is 0 Å². The first-order chi connectivity index (χ1) is 11.5. The third-order valence-electron chi connectivity index (χ3n) is 5.05. The lowest BCUT2D eigenvalue weighted by Crippen LogP contribution is -2.35. The molecule has 7 heteroatoms. The van der Waals surface area contributed by atoms with E-state index in [9.17, 15) is 19.7 Å². The van der Waals surface area contributed by atoms with Gasteiger partial charge in [-0.05, 0) is 25.8 Å². The van der Waals surface area contributed by atoms with Crippen molar-refractivity contribution >= 4 is 23.2 Å². The molecule has 24 heavy (non-hydrogen) atoms. The summed E-state index contributed by atoms with van der Waals surface area (Å²) in [6.45, 7) is 2.06. The van der Waals surface area contributed by atoms with Crippen LogP contribution in [-0.4, -0.2) is 34.2 Å². The molecule has 1 aliphatic heterocycles. The van der Waals surface area contributed by atoms with E-state index >= 15 is 0 Å². The van der Waals surface area contributed by atoms with E-state index in [4.69, 9.17) is 0 Å². The first-order valence-electron chi connectivity index (χ1n) is 8.31. The van der Waals surface area contributed by atoms with Crippen LogP contribution in [0.2, 0.25) is 0 Å². The Kier molecular flexibility index (Phi) is 4.51. The average molecular weight is 331 g/mol. The van der Waals surface area contributed by atoms with Crippen molar-refractivity contribution in [2.75, 3.05) is 11.9 Å². The molecule has 2 amide bonds. The van der Waals surface area contributed by atoms with E-state index in [0.717, 1.165) is 25.7 Å². The number of nitrogens with zero attached hydrogens (tertiary/aromatic N) is 2. The zero-order valence-corrected chi connectivity index (χ0v) is 13.7. The van der Waals surface area contributed by atoms with Gasteiger partial charge in [-0.15, -0.1) is 0 Å². The van der Waals surface area contributed by atoms with Crippen molar-refractivity contribution in [2.24, 2.45) is 5.92 Å². The fourth-order valence-corrected chi connectivity index (χ4v) is 3.67. The van der Waals surface area contributed by atoms with Crippen molar-refractivity contribution in [3.05, 3.63) is 33.9 Å². The zero-order chi connectivity index (χ0) is 17.3. The van der Waals surface area contributed by atoms with Gasteiger partial charge < -0.3 is 10.2 Å². The third-order valence-corrected chi connectivity index (χ3v) is 5.05. The zero-order valence-electron chi connectivity index (χ0n) is 13.7. The average Bonchev–Trinajstić information content (AvgIpc) is 3.18. The van der Waals surface area contributed by atoms with Crippen molar-refractivity contribution in [1.82, 2.24) is 4.90 Å². The van der Waals surface area contributed by atoms with E-state index in [1.807, 2.05) is 4.90 Å². The van der Waals surface area contributed by atoms with Crippen LogP contribution in [0.1, 0.15) is 37.7 Å². The number of nitrogens with one attached hydrogen (secondary N) is 1. The maximum Gasteiger partial charge on any atom is 0.274 e. The molecule has 7 nitrogen and oxygen atoms in total. The highest BCUT2D eigenvalue weighted by Crippen LogP contribution is 2.31. The maximum absolute atomic E-state index is 12.5. The summed E-state index contributed by atoms with van der Waals surface area (Å²) in [7, 11) is 0. The fourth-order valence-electron chi connectivity index (χ4n) is 3.67. The molecule has 0 aromatic heterocycles. The summed E-state index contributed by atoms with van der Waals surface area (Å²) in [4.78, 5) is 37.1. The molecule has 1 saturated heterocycles. The fraction of sp³-hybridized carbons (Fsp3) is 0.529. The lowest BCUT2D eigenvalue weighted by atomic mass is 10.1. The van der Waals surface area contributed by atoms with Crippen molar-refractivity contribution in [1.29, 1.82) is 0 Å².